The predicted octanol–water partition coefficient (Wildman–Crippen LogP) is 0.726. The standard InChI is InChI=1S/C12H18N2O4/c1-4-5-6-13-11(18)14-9(15)7-12(2,3)8-10(16)17/h6-8H2,1-3H3,(H,16,17)(H2,13,14,15,18). The summed E-state index contributed by atoms with van der Waals surface area (Å²) in [6, 6.07) is -0.631. The number of hydrogen-bond acceptors (Lipinski definition) is 3. The first-order valence-corrected chi connectivity index (χ1v) is 5.46. The first kappa shape index (κ1) is 16.0. The molecule has 0 atom stereocenters. The van der Waals surface area contributed by atoms with Gasteiger partial charge >= 0.3 is 12.0 Å². The van der Waals surface area contributed by atoms with Gasteiger partial charge in [0, 0.05) is 6.42 Å². The lowest BCUT2D eigenvalue weighted by Crippen LogP contribution is -2.41. The van der Waals surface area contributed by atoms with Crippen LogP contribution >= 0.6 is 0 Å². The fraction of sp³-hybridized carbons (Fsp3) is 0.583. The van der Waals surface area contributed by atoms with Crippen LogP contribution in [0.5, 0.6) is 0 Å². The van der Waals surface area contributed by atoms with Crippen molar-refractivity contribution in [2.45, 2.75) is 33.6 Å². The summed E-state index contributed by atoms with van der Waals surface area (Å²) in [5.41, 5.74) is -0.695. The minimum absolute atomic E-state index is 0.0355. The molecule has 0 radical (unpaired) electrons. The molecule has 0 aromatic heterocycles. The van der Waals surface area contributed by atoms with Crippen molar-refractivity contribution in [1.29, 1.82) is 0 Å². The number of hydrogen-bond donors (Lipinski definition) is 3. The number of nitrogens with one attached hydrogen (secondary N) is 2. The summed E-state index contributed by atoms with van der Waals surface area (Å²) in [4.78, 5) is 33.3. The maximum absolute atomic E-state index is 11.5. The van der Waals surface area contributed by atoms with Crippen LogP contribution in [0.3, 0.4) is 0 Å². The molecular formula is C12H18N2O4. The van der Waals surface area contributed by atoms with Gasteiger partial charge in [-0.05, 0) is 12.3 Å². The molecule has 6 heteroatoms. The van der Waals surface area contributed by atoms with Crippen LogP contribution in [0.25, 0.3) is 0 Å². The van der Waals surface area contributed by atoms with Crippen LogP contribution in [-0.2, 0) is 9.59 Å². The minimum Gasteiger partial charge on any atom is -0.481 e. The summed E-state index contributed by atoms with van der Waals surface area (Å²) >= 11 is 0. The number of imide groups is 1. The van der Waals surface area contributed by atoms with Crippen molar-refractivity contribution in [2.24, 2.45) is 5.41 Å². The third kappa shape index (κ3) is 8.16. The first-order valence-electron chi connectivity index (χ1n) is 5.46. The van der Waals surface area contributed by atoms with Gasteiger partial charge in [-0.1, -0.05) is 19.8 Å². The minimum atomic E-state index is -0.976. The number of amides is 3. The van der Waals surface area contributed by atoms with Gasteiger partial charge in [-0.3, -0.25) is 14.9 Å². The molecule has 0 heterocycles. The number of rotatable bonds is 5. The van der Waals surface area contributed by atoms with Gasteiger partial charge in [0.05, 0.1) is 13.0 Å². The van der Waals surface area contributed by atoms with Gasteiger partial charge < -0.3 is 10.4 Å². The van der Waals surface area contributed by atoms with E-state index in [4.69, 9.17) is 5.11 Å². The summed E-state index contributed by atoms with van der Waals surface area (Å²) in [7, 11) is 0. The maximum Gasteiger partial charge on any atom is 0.322 e. The van der Waals surface area contributed by atoms with Crippen LogP contribution in [-0.4, -0.2) is 29.6 Å². The van der Waals surface area contributed by atoms with E-state index in [1.165, 1.54) is 0 Å². The van der Waals surface area contributed by atoms with Crippen molar-refractivity contribution in [3.63, 3.8) is 0 Å². The van der Waals surface area contributed by atoms with Crippen LogP contribution in [0, 0.1) is 17.3 Å². The number of carboxylic acids is 1. The molecule has 0 saturated heterocycles. The van der Waals surface area contributed by atoms with Crippen LogP contribution in [0.2, 0.25) is 0 Å². The second-order valence-corrected chi connectivity index (χ2v) is 4.57. The Morgan fingerprint density at radius 2 is 1.83 bits per heavy atom. The van der Waals surface area contributed by atoms with E-state index in [1.807, 2.05) is 0 Å². The van der Waals surface area contributed by atoms with Crippen molar-refractivity contribution < 1.29 is 19.5 Å². The Morgan fingerprint density at radius 3 is 2.33 bits per heavy atom. The lowest BCUT2D eigenvalue weighted by Gasteiger charge is -2.21. The topological polar surface area (TPSA) is 95.5 Å². The van der Waals surface area contributed by atoms with Crippen molar-refractivity contribution >= 4 is 17.9 Å². The van der Waals surface area contributed by atoms with E-state index in [0.29, 0.717) is 0 Å². The molecule has 0 aromatic rings. The molecule has 0 unspecified atom stereocenters. The Hall–Kier alpha value is -2.03. The van der Waals surface area contributed by atoms with E-state index in [-0.39, 0.29) is 19.4 Å². The molecule has 3 amide bonds. The molecule has 18 heavy (non-hydrogen) atoms. The third-order valence-electron chi connectivity index (χ3n) is 2.04. The second kappa shape index (κ2) is 7.33. The number of carboxylic acid groups (broad SMARTS) is 1. The largest absolute Gasteiger partial charge is 0.481 e. The van der Waals surface area contributed by atoms with Gasteiger partial charge in [0.25, 0.3) is 0 Å². The summed E-state index contributed by atoms with van der Waals surface area (Å²) in [6.07, 6.45) is -0.171. The molecule has 0 spiro atoms. The van der Waals surface area contributed by atoms with E-state index in [2.05, 4.69) is 22.5 Å². The Labute approximate surface area is 106 Å². The molecule has 3 N–H and O–H groups in total. The zero-order valence-electron chi connectivity index (χ0n) is 10.8. The van der Waals surface area contributed by atoms with Crippen LogP contribution in [0.4, 0.5) is 4.79 Å². The van der Waals surface area contributed by atoms with Crippen molar-refractivity contribution in [3.05, 3.63) is 0 Å². The van der Waals surface area contributed by atoms with Crippen molar-refractivity contribution in [3.8, 4) is 11.8 Å². The second-order valence-electron chi connectivity index (χ2n) is 4.57. The maximum atomic E-state index is 11.5. The molecule has 0 bridgehead atoms. The summed E-state index contributed by atoms with van der Waals surface area (Å²) in [5, 5.41) is 13.2. The van der Waals surface area contributed by atoms with Crippen molar-refractivity contribution in [2.75, 3.05) is 6.54 Å². The molecule has 0 aliphatic rings. The van der Waals surface area contributed by atoms with E-state index < -0.39 is 23.3 Å². The zero-order valence-corrected chi connectivity index (χ0v) is 10.8. The number of carbonyl (C=O) groups is 3. The smallest absolute Gasteiger partial charge is 0.322 e. The van der Waals surface area contributed by atoms with Gasteiger partial charge in [0.15, 0.2) is 0 Å². The lowest BCUT2D eigenvalue weighted by molar-refractivity contribution is -0.139. The van der Waals surface area contributed by atoms with E-state index >= 15 is 0 Å². The fourth-order valence-electron chi connectivity index (χ4n) is 1.33. The number of aliphatic carboxylic acids is 1. The monoisotopic (exact) mass is 254 g/mol. The Morgan fingerprint density at radius 1 is 1.22 bits per heavy atom. The van der Waals surface area contributed by atoms with Gasteiger partial charge in [-0.25, -0.2) is 4.79 Å². The number of carbonyl (C=O) groups excluding carboxylic acids is 2. The first-order chi connectivity index (χ1) is 8.26. The molecule has 0 rings (SSSR count). The highest BCUT2D eigenvalue weighted by atomic mass is 16.4. The molecule has 100 valence electrons. The summed E-state index contributed by atoms with van der Waals surface area (Å²) in [6.45, 7) is 5.11. The van der Waals surface area contributed by atoms with E-state index in [1.54, 1.807) is 20.8 Å². The zero-order chi connectivity index (χ0) is 14.2. The van der Waals surface area contributed by atoms with Crippen LogP contribution < -0.4 is 10.6 Å². The fourth-order valence-corrected chi connectivity index (χ4v) is 1.33. The quantitative estimate of drug-likeness (QED) is 0.630. The van der Waals surface area contributed by atoms with Gasteiger partial charge in [0.1, 0.15) is 0 Å². The highest BCUT2D eigenvalue weighted by Crippen LogP contribution is 2.24. The molecule has 0 aromatic carbocycles. The normalized spacial score (nSPS) is 9.94. The third-order valence-corrected chi connectivity index (χ3v) is 2.04. The average Bonchev–Trinajstić information content (AvgIpc) is 2.13. The average molecular weight is 254 g/mol. The Kier molecular flexibility index (Phi) is 6.50. The highest BCUT2D eigenvalue weighted by Gasteiger charge is 2.25. The Bertz CT molecular complexity index is 391. The highest BCUT2D eigenvalue weighted by molar-refractivity contribution is 5.94. The molecule has 6 nitrogen and oxygen atoms in total. The van der Waals surface area contributed by atoms with E-state index in [9.17, 15) is 14.4 Å². The van der Waals surface area contributed by atoms with Gasteiger partial charge in [0.2, 0.25) is 5.91 Å². The SMILES string of the molecule is CC#CCNC(=O)NC(=O)CC(C)(C)CC(=O)O. The molecule has 0 saturated carbocycles. The number of urea groups is 1. The molecule has 0 fully saturated rings. The molecule has 0 aliphatic heterocycles. The summed E-state index contributed by atoms with van der Waals surface area (Å²) < 4.78 is 0. The van der Waals surface area contributed by atoms with E-state index in [0.717, 1.165) is 0 Å². The molecular weight excluding hydrogens is 236 g/mol. The lowest BCUT2D eigenvalue weighted by atomic mass is 9.85. The molecule has 0 aliphatic carbocycles. The van der Waals surface area contributed by atoms with Gasteiger partial charge in [-0.15, -0.1) is 5.92 Å². The van der Waals surface area contributed by atoms with Gasteiger partial charge in [-0.2, -0.15) is 0 Å². The van der Waals surface area contributed by atoms with Crippen molar-refractivity contribution in [1.82, 2.24) is 10.6 Å². The predicted molar refractivity (Wildman–Crippen MR) is 65.6 cm³/mol. The van der Waals surface area contributed by atoms with Crippen LogP contribution in [0.1, 0.15) is 33.6 Å². The Balaban J connectivity index is 4.12. The van der Waals surface area contributed by atoms with Crippen LogP contribution in [0.15, 0.2) is 0 Å². The summed E-state index contributed by atoms with van der Waals surface area (Å²) in [5.74, 6) is 3.72.